The van der Waals surface area contributed by atoms with E-state index < -0.39 is 35.3 Å². The fraction of sp³-hybridized carbons (Fsp3) is 0.200. The van der Waals surface area contributed by atoms with Gasteiger partial charge in [0.25, 0.3) is 11.5 Å². The molecule has 0 unspecified atom stereocenters. The van der Waals surface area contributed by atoms with Crippen LogP contribution in [-0.2, 0) is 27.8 Å². The highest BCUT2D eigenvalue weighted by molar-refractivity contribution is 5.95. The number of amides is 1. The molecule has 0 aliphatic rings. The average Bonchev–Trinajstić information content (AvgIpc) is 2.68. The zero-order valence-electron chi connectivity index (χ0n) is 15.6. The van der Waals surface area contributed by atoms with Crippen LogP contribution in [0.4, 0.5) is 14.5 Å². The van der Waals surface area contributed by atoms with Crippen LogP contribution in [0.25, 0.3) is 10.8 Å². The van der Waals surface area contributed by atoms with Gasteiger partial charge in [0.15, 0.2) is 6.10 Å². The molecule has 0 radical (unpaired) electrons. The van der Waals surface area contributed by atoms with Gasteiger partial charge < -0.3 is 10.1 Å². The molecular weight excluding hydrogens is 384 g/mol. The van der Waals surface area contributed by atoms with E-state index >= 15 is 0 Å². The number of esters is 1. The molecule has 150 valence electrons. The van der Waals surface area contributed by atoms with Crippen molar-refractivity contribution in [3.63, 3.8) is 0 Å². The van der Waals surface area contributed by atoms with Crippen molar-refractivity contribution in [1.29, 1.82) is 0 Å². The summed E-state index contributed by atoms with van der Waals surface area (Å²) < 4.78 is 33.5. The maximum atomic E-state index is 13.6. The first-order chi connectivity index (χ1) is 13.8. The number of nitrogens with zero attached hydrogens (tertiary/aromatic N) is 2. The normalized spacial score (nSPS) is 11.9. The van der Waals surface area contributed by atoms with Gasteiger partial charge >= 0.3 is 5.97 Å². The molecule has 3 rings (SSSR count). The second-order valence-electron chi connectivity index (χ2n) is 6.32. The molecule has 9 heteroatoms. The molecule has 3 aromatic rings. The van der Waals surface area contributed by atoms with Gasteiger partial charge in [-0.25, -0.2) is 13.5 Å². The third-order valence-corrected chi connectivity index (χ3v) is 4.23. The largest absolute Gasteiger partial charge is 0.452 e. The number of aromatic nitrogens is 2. The van der Waals surface area contributed by atoms with E-state index in [1.165, 1.54) is 14.0 Å². The first-order valence-corrected chi connectivity index (χ1v) is 8.67. The summed E-state index contributed by atoms with van der Waals surface area (Å²) in [5, 5.41) is 7.05. The zero-order valence-corrected chi connectivity index (χ0v) is 15.6. The minimum Gasteiger partial charge on any atom is -0.452 e. The zero-order chi connectivity index (χ0) is 21.1. The van der Waals surface area contributed by atoms with Crippen molar-refractivity contribution in [2.75, 3.05) is 5.32 Å². The van der Waals surface area contributed by atoms with Crippen LogP contribution in [0.2, 0.25) is 0 Å². The number of carbonyl (C=O) groups is 2. The van der Waals surface area contributed by atoms with Gasteiger partial charge in [0.1, 0.15) is 17.3 Å². The number of hydrogen-bond donors (Lipinski definition) is 1. The fourth-order valence-electron chi connectivity index (χ4n) is 2.78. The summed E-state index contributed by atoms with van der Waals surface area (Å²) in [6, 6.07) is 9.82. The molecule has 0 aliphatic carbocycles. The molecule has 0 bridgehead atoms. The van der Waals surface area contributed by atoms with Gasteiger partial charge in [0.2, 0.25) is 0 Å². The Hall–Kier alpha value is -3.62. The molecule has 0 spiro atoms. The lowest BCUT2D eigenvalue weighted by Crippen LogP contribution is -2.31. The lowest BCUT2D eigenvalue weighted by molar-refractivity contribution is -0.152. The van der Waals surface area contributed by atoms with Crippen LogP contribution in [0.1, 0.15) is 12.6 Å². The molecule has 1 atom stereocenters. The molecule has 1 heterocycles. The van der Waals surface area contributed by atoms with Crippen molar-refractivity contribution in [2.45, 2.75) is 19.4 Å². The van der Waals surface area contributed by atoms with E-state index in [9.17, 15) is 23.2 Å². The number of rotatable bonds is 5. The van der Waals surface area contributed by atoms with E-state index in [4.69, 9.17) is 4.74 Å². The second-order valence-corrected chi connectivity index (χ2v) is 6.32. The van der Waals surface area contributed by atoms with E-state index in [1.807, 2.05) is 0 Å². The predicted octanol–water partition coefficient (Wildman–Crippen LogP) is 2.32. The lowest BCUT2D eigenvalue weighted by Gasteiger charge is -2.14. The van der Waals surface area contributed by atoms with Gasteiger partial charge in [-0.1, -0.05) is 24.3 Å². The molecular formula is C20H17F2N3O4. The van der Waals surface area contributed by atoms with Gasteiger partial charge in [-0.15, -0.1) is 0 Å². The monoisotopic (exact) mass is 401 g/mol. The number of aryl methyl sites for hydroxylation is 1. The summed E-state index contributed by atoms with van der Waals surface area (Å²) >= 11 is 0. The molecule has 2 aromatic carbocycles. The summed E-state index contributed by atoms with van der Waals surface area (Å²) in [5.41, 5.74) is -0.621. The number of nitrogens with one attached hydrogen (secondary N) is 1. The lowest BCUT2D eigenvalue weighted by atomic mass is 10.1. The van der Waals surface area contributed by atoms with Gasteiger partial charge in [-0.2, -0.15) is 5.10 Å². The van der Waals surface area contributed by atoms with E-state index in [-0.39, 0.29) is 12.0 Å². The van der Waals surface area contributed by atoms with Crippen LogP contribution in [0.15, 0.2) is 47.3 Å². The Morgan fingerprint density at radius 2 is 1.72 bits per heavy atom. The number of anilines is 1. The van der Waals surface area contributed by atoms with Crippen LogP contribution in [0.3, 0.4) is 0 Å². The number of ether oxygens (including phenoxy) is 1. The van der Waals surface area contributed by atoms with Gasteiger partial charge in [-0.05, 0) is 25.1 Å². The number of para-hydroxylation sites is 1. The first kappa shape index (κ1) is 20.1. The van der Waals surface area contributed by atoms with E-state index in [2.05, 4.69) is 10.4 Å². The van der Waals surface area contributed by atoms with Crippen molar-refractivity contribution >= 4 is 28.3 Å². The fourth-order valence-corrected chi connectivity index (χ4v) is 2.78. The molecule has 0 fully saturated rings. The van der Waals surface area contributed by atoms with Crippen LogP contribution in [0.5, 0.6) is 0 Å². The maximum absolute atomic E-state index is 13.6. The Balaban J connectivity index is 1.73. The minimum absolute atomic E-state index is 0.291. The molecule has 1 amide bonds. The SMILES string of the molecule is C[C@@H](OC(=O)Cc1nn(C)c(=O)c2ccccc12)C(=O)Nc1c(F)cccc1F. The standard InChI is InChI=1S/C20H17F2N3O4/c1-11(19(27)23-18-14(21)8-5-9-15(18)22)29-17(26)10-16-12-6-3-4-7-13(12)20(28)25(2)24-16/h3-9,11H,10H2,1-2H3,(H,23,27)/t11-/m1/s1. The van der Waals surface area contributed by atoms with Crippen molar-refractivity contribution < 1.29 is 23.1 Å². The minimum atomic E-state index is -1.31. The molecule has 1 N–H and O–H groups in total. The van der Waals surface area contributed by atoms with Crippen LogP contribution in [-0.4, -0.2) is 27.8 Å². The van der Waals surface area contributed by atoms with Crippen molar-refractivity contribution in [2.24, 2.45) is 7.05 Å². The maximum Gasteiger partial charge on any atom is 0.312 e. The summed E-state index contributed by atoms with van der Waals surface area (Å²) in [7, 11) is 1.46. The third kappa shape index (κ3) is 4.29. The predicted molar refractivity (Wildman–Crippen MR) is 101 cm³/mol. The van der Waals surface area contributed by atoms with E-state index in [1.54, 1.807) is 24.3 Å². The van der Waals surface area contributed by atoms with Gasteiger partial charge in [-0.3, -0.25) is 14.4 Å². The molecule has 7 nitrogen and oxygen atoms in total. The molecule has 1 aromatic heterocycles. The van der Waals surface area contributed by atoms with Gasteiger partial charge in [0, 0.05) is 12.4 Å². The van der Waals surface area contributed by atoms with Crippen molar-refractivity contribution in [3.05, 3.63) is 70.1 Å². The van der Waals surface area contributed by atoms with Crippen LogP contribution >= 0.6 is 0 Å². The topological polar surface area (TPSA) is 90.3 Å². The third-order valence-electron chi connectivity index (χ3n) is 4.23. The molecule has 29 heavy (non-hydrogen) atoms. The second kappa shape index (κ2) is 8.17. The molecule has 0 aliphatic heterocycles. The highest BCUT2D eigenvalue weighted by Gasteiger charge is 2.22. The van der Waals surface area contributed by atoms with E-state index in [0.717, 1.165) is 22.9 Å². The Kier molecular flexibility index (Phi) is 5.67. The average molecular weight is 401 g/mol. The highest BCUT2D eigenvalue weighted by Crippen LogP contribution is 2.19. The molecule has 0 saturated heterocycles. The summed E-state index contributed by atoms with van der Waals surface area (Å²) in [4.78, 5) is 36.5. The number of fused-ring (bicyclic) bond motifs is 1. The summed E-state index contributed by atoms with van der Waals surface area (Å²) in [5.74, 6) is -3.56. The Labute approximate surface area is 163 Å². The molecule has 0 saturated carbocycles. The smallest absolute Gasteiger partial charge is 0.312 e. The Morgan fingerprint density at radius 1 is 1.10 bits per heavy atom. The van der Waals surface area contributed by atoms with Crippen LogP contribution < -0.4 is 10.9 Å². The Bertz CT molecular complexity index is 1140. The number of hydrogen-bond acceptors (Lipinski definition) is 5. The first-order valence-electron chi connectivity index (χ1n) is 8.67. The summed E-state index contributed by atoms with van der Waals surface area (Å²) in [6.07, 6.45) is -1.60. The van der Waals surface area contributed by atoms with Crippen LogP contribution in [0, 0.1) is 11.6 Å². The Morgan fingerprint density at radius 3 is 2.38 bits per heavy atom. The van der Waals surface area contributed by atoms with Crippen molar-refractivity contribution in [1.82, 2.24) is 9.78 Å². The van der Waals surface area contributed by atoms with Crippen molar-refractivity contribution in [3.8, 4) is 0 Å². The highest BCUT2D eigenvalue weighted by atomic mass is 19.1. The number of halogens is 2. The number of carbonyl (C=O) groups excluding carboxylic acids is 2. The summed E-state index contributed by atoms with van der Waals surface area (Å²) in [6.45, 7) is 1.28. The quantitative estimate of drug-likeness (QED) is 0.663. The van der Waals surface area contributed by atoms with E-state index in [0.29, 0.717) is 16.5 Å². The van der Waals surface area contributed by atoms with Gasteiger partial charge in [0.05, 0.1) is 17.5 Å². The number of benzene rings is 2.